The van der Waals surface area contributed by atoms with Gasteiger partial charge in [0.05, 0.1) is 25.7 Å². The van der Waals surface area contributed by atoms with Gasteiger partial charge in [-0.25, -0.2) is 0 Å². The van der Waals surface area contributed by atoms with Gasteiger partial charge in [0.1, 0.15) is 11.5 Å². The summed E-state index contributed by atoms with van der Waals surface area (Å²) in [7, 11) is 3.26. The van der Waals surface area contributed by atoms with Crippen LogP contribution in [0.4, 0.5) is 11.4 Å². The Morgan fingerprint density at radius 2 is 2.03 bits per heavy atom. The molecule has 3 rings (SSSR count). The van der Waals surface area contributed by atoms with E-state index in [2.05, 4.69) is 10.2 Å². The highest BCUT2D eigenvalue weighted by molar-refractivity contribution is 5.93. The fraction of sp³-hybridized carbons (Fsp3) is 0.381. The molecule has 8 nitrogen and oxygen atoms in total. The molecule has 2 aromatic carbocycles. The van der Waals surface area contributed by atoms with E-state index in [0.717, 1.165) is 36.4 Å². The molecule has 1 aliphatic rings. The first-order valence-corrected chi connectivity index (χ1v) is 9.43. The average molecular weight is 399 g/mol. The number of nitro benzene ring substituents is 1. The van der Waals surface area contributed by atoms with Gasteiger partial charge in [0, 0.05) is 29.4 Å². The second-order valence-electron chi connectivity index (χ2n) is 7.04. The predicted molar refractivity (Wildman–Crippen MR) is 110 cm³/mol. The molecule has 0 aliphatic carbocycles. The molecule has 0 bridgehead atoms. The fourth-order valence-corrected chi connectivity index (χ4v) is 3.74. The number of carbonyl (C=O) groups excluding carboxylic acids is 1. The Balaban J connectivity index is 1.73. The summed E-state index contributed by atoms with van der Waals surface area (Å²) in [6.45, 7) is 2.77. The zero-order valence-electron chi connectivity index (χ0n) is 16.8. The maximum Gasteiger partial charge on any atom is 0.269 e. The second kappa shape index (κ2) is 8.91. The lowest BCUT2D eigenvalue weighted by Gasteiger charge is -2.26. The standard InChI is InChI=1S/C21H25N3O5/c1-14-11-15(24(26)27)6-8-18(14)22-21(25)13-23-10-4-5-19(23)17-12-16(28-2)7-9-20(17)29-3/h6-9,11-12,19H,4-5,10,13H2,1-3H3,(H,22,25)/t19-/m0/s1. The number of methoxy groups -OCH3 is 2. The Morgan fingerprint density at radius 1 is 1.24 bits per heavy atom. The molecule has 8 heteroatoms. The van der Waals surface area contributed by atoms with Crippen molar-refractivity contribution >= 4 is 17.3 Å². The smallest absolute Gasteiger partial charge is 0.269 e. The molecular formula is C21H25N3O5. The van der Waals surface area contributed by atoms with E-state index in [-0.39, 0.29) is 24.2 Å². The van der Waals surface area contributed by atoms with Gasteiger partial charge in [-0.2, -0.15) is 0 Å². The van der Waals surface area contributed by atoms with Gasteiger partial charge in [0.15, 0.2) is 0 Å². The van der Waals surface area contributed by atoms with Gasteiger partial charge in [-0.15, -0.1) is 0 Å². The Kier molecular flexibility index (Phi) is 6.33. The Bertz CT molecular complexity index is 915. The van der Waals surface area contributed by atoms with E-state index in [1.54, 1.807) is 27.2 Å². The molecule has 1 saturated heterocycles. The lowest BCUT2D eigenvalue weighted by molar-refractivity contribution is -0.384. The first kappa shape index (κ1) is 20.6. The number of rotatable bonds is 7. The zero-order valence-corrected chi connectivity index (χ0v) is 16.8. The van der Waals surface area contributed by atoms with Crippen LogP contribution in [-0.2, 0) is 4.79 Å². The van der Waals surface area contributed by atoms with Crippen LogP contribution in [0.1, 0.15) is 30.0 Å². The SMILES string of the molecule is COc1ccc(OC)c([C@@H]2CCCN2CC(=O)Nc2ccc([N+](=O)[O-])cc2C)c1. The third kappa shape index (κ3) is 4.65. The molecule has 1 amide bonds. The summed E-state index contributed by atoms with van der Waals surface area (Å²) in [5, 5.41) is 13.7. The minimum Gasteiger partial charge on any atom is -0.497 e. The molecule has 0 spiro atoms. The van der Waals surface area contributed by atoms with Gasteiger partial charge < -0.3 is 14.8 Å². The van der Waals surface area contributed by atoms with Crippen molar-refractivity contribution in [1.82, 2.24) is 4.90 Å². The van der Waals surface area contributed by atoms with Gasteiger partial charge >= 0.3 is 0 Å². The highest BCUT2D eigenvalue weighted by Gasteiger charge is 2.30. The molecule has 1 aliphatic heterocycles. The summed E-state index contributed by atoms with van der Waals surface area (Å²) >= 11 is 0. The average Bonchev–Trinajstić information content (AvgIpc) is 3.16. The van der Waals surface area contributed by atoms with Crippen LogP contribution < -0.4 is 14.8 Å². The summed E-state index contributed by atoms with van der Waals surface area (Å²) in [6, 6.07) is 10.2. The molecule has 1 atom stereocenters. The summed E-state index contributed by atoms with van der Waals surface area (Å²) in [4.78, 5) is 25.2. The van der Waals surface area contributed by atoms with Crippen LogP contribution in [0.15, 0.2) is 36.4 Å². The van der Waals surface area contributed by atoms with Crippen molar-refractivity contribution in [1.29, 1.82) is 0 Å². The van der Waals surface area contributed by atoms with E-state index in [0.29, 0.717) is 11.3 Å². The van der Waals surface area contributed by atoms with Crippen molar-refractivity contribution in [3.05, 3.63) is 57.6 Å². The number of nitrogens with one attached hydrogen (secondary N) is 1. The van der Waals surface area contributed by atoms with Gasteiger partial charge in [-0.3, -0.25) is 19.8 Å². The molecule has 1 N–H and O–H groups in total. The van der Waals surface area contributed by atoms with Crippen molar-refractivity contribution < 1.29 is 19.2 Å². The van der Waals surface area contributed by atoms with Gasteiger partial charge in [-0.1, -0.05) is 0 Å². The minimum absolute atomic E-state index is 0.00484. The van der Waals surface area contributed by atoms with E-state index >= 15 is 0 Å². The number of nitrogens with zero attached hydrogens (tertiary/aromatic N) is 2. The number of anilines is 1. The van der Waals surface area contributed by atoms with E-state index < -0.39 is 4.92 Å². The number of nitro groups is 1. The van der Waals surface area contributed by atoms with E-state index in [9.17, 15) is 14.9 Å². The number of non-ortho nitro benzene ring substituents is 1. The first-order valence-electron chi connectivity index (χ1n) is 9.43. The van der Waals surface area contributed by atoms with Crippen molar-refractivity contribution in [2.24, 2.45) is 0 Å². The van der Waals surface area contributed by atoms with E-state index in [1.807, 2.05) is 18.2 Å². The second-order valence-corrected chi connectivity index (χ2v) is 7.04. The third-order valence-electron chi connectivity index (χ3n) is 5.20. The molecule has 1 heterocycles. The number of benzene rings is 2. The molecule has 29 heavy (non-hydrogen) atoms. The maximum absolute atomic E-state index is 12.7. The normalized spacial score (nSPS) is 16.4. The molecular weight excluding hydrogens is 374 g/mol. The number of amides is 1. The summed E-state index contributed by atoms with van der Waals surface area (Å²) in [5.74, 6) is 1.36. The van der Waals surface area contributed by atoms with Crippen LogP contribution in [0.3, 0.4) is 0 Å². The highest BCUT2D eigenvalue weighted by Crippen LogP contribution is 2.38. The predicted octanol–water partition coefficient (Wildman–Crippen LogP) is 3.70. The molecule has 0 saturated carbocycles. The van der Waals surface area contributed by atoms with E-state index in [1.165, 1.54) is 12.1 Å². The molecule has 0 radical (unpaired) electrons. The molecule has 0 unspecified atom stereocenters. The molecule has 2 aromatic rings. The monoisotopic (exact) mass is 399 g/mol. The van der Waals surface area contributed by atoms with Crippen LogP contribution in [0.5, 0.6) is 11.5 Å². The number of carbonyl (C=O) groups is 1. The fourth-order valence-electron chi connectivity index (χ4n) is 3.74. The first-order chi connectivity index (χ1) is 13.9. The van der Waals surface area contributed by atoms with Gasteiger partial charge in [0.25, 0.3) is 5.69 Å². The quantitative estimate of drug-likeness (QED) is 0.564. The molecule has 154 valence electrons. The summed E-state index contributed by atoms with van der Waals surface area (Å²) < 4.78 is 10.9. The largest absolute Gasteiger partial charge is 0.497 e. The van der Waals surface area contributed by atoms with Crippen molar-refractivity contribution in [2.75, 3.05) is 32.6 Å². The van der Waals surface area contributed by atoms with Crippen molar-refractivity contribution in [3.8, 4) is 11.5 Å². The van der Waals surface area contributed by atoms with Crippen molar-refractivity contribution in [3.63, 3.8) is 0 Å². The Morgan fingerprint density at radius 3 is 2.69 bits per heavy atom. The van der Waals surface area contributed by atoms with Crippen LogP contribution in [0.25, 0.3) is 0 Å². The number of ether oxygens (including phenoxy) is 2. The lowest BCUT2D eigenvalue weighted by atomic mass is 10.0. The van der Waals surface area contributed by atoms with Crippen molar-refractivity contribution in [2.45, 2.75) is 25.8 Å². The molecule has 0 aromatic heterocycles. The highest BCUT2D eigenvalue weighted by atomic mass is 16.6. The topological polar surface area (TPSA) is 93.9 Å². The summed E-state index contributed by atoms with van der Waals surface area (Å²) in [5.41, 5.74) is 2.24. The summed E-state index contributed by atoms with van der Waals surface area (Å²) in [6.07, 6.45) is 1.90. The number of hydrogen-bond donors (Lipinski definition) is 1. The van der Waals surface area contributed by atoms with Crippen LogP contribution >= 0.6 is 0 Å². The van der Waals surface area contributed by atoms with Gasteiger partial charge in [0.2, 0.25) is 5.91 Å². The van der Waals surface area contributed by atoms with Crippen LogP contribution in [0, 0.1) is 17.0 Å². The van der Waals surface area contributed by atoms with Crippen LogP contribution in [0.2, 0.25) is 0 Å². The zero-order chi connectivity index (χ0) is 21.0. The number of aryl methyl sites for hydroxylation is 1. The lowest BCUT2D eigenvalue weighted by Crippen LogP contribution is -2.33. The maximum atomic E-state index is 12.7. The Hall–Kier alpha value is -3.13. The number of hydrogen-bond acceptors (Lipinski definition) is 6. The Labute approximate surface area is 169 Å². The number of likely N-dealkylation sites (tertiary alicyclic amines) is 1. The molecule has 1 fully saturated rings. The minimum atomic E-state index is -0.449. The van der Waals surface area contributed by atoms with E-state index in [4.69, 9.17) is 9.47 Å². The van der Waals surface area contributed by atoms with Crippen LogP contribution in [-0.4, -0.2) is 43.0 Å². The third-order valence-corrected chi connectivity index (χ3v) is 5.20. The van der Waals surface area contributed by atoms with Gasteiger partial charge in [-0.05, 0) is 56.1 Å².